The van der Waals surface area contributed by atoms with E-state index in [2.05, 4.69) is 43.3 Å². The summed E-state index contributed by atoms with van der Waals surface area (Å²) in [6, 6.07) is 0. The number of nitrogens with one attached hydrogen (secondary N) is 1. The van der Waals surface area contributed by atoms with Crippen molar-refractivity contribution in [3.63, 3.8) is 0 Å². The van der Waals surface area contributed by atoms with Crippen LogP contribution >= 0.6 is 15.9 Å². The van der Waals surface area contributed by atoms with Crippen LogP contribution < -0.4 is 16.0 Å². The monoisotopic (exact) mass is 312 g/mol. The second-order valence-electron chi connectivity index (χ2n) is 3.53. The lowest BCUT2D eigenvalue weighted by Gasteiger charge is -2.06. The van der Waals surface area contributed by atoms with Crippen molar-refractivity contribution in [1.29, 1.82) is 0 Å². The Morgan fingerprint density at radius 3 is 3.06 bits per heavy atom. The Labute approximate surface area is 112 Å². The summed E-state index contributed by atoms with van der Waals surface area (Å²) >= 11 is 3.32. The summed E-state index contributed by atoms with van der Waals surface area (Å²) in [4.78, 5) is 7.96. The van der Waals surface area contributed by atoms with Crippen molar-refractivity contribution in [3.05, 3.63) is 23.2 Å². The van der Waals surface area contributed by atoms with Crippen LogP contribution in [0.1, 0.15) is 13.3 Å². The van der Waals surface area contributed by atoms with E-state index in [4.69, 9.17) is 10.6 Å². The van der Waals surface area contributed by atoms with Gasteiger partial charge in [-0.1, -0.05) is 6.92 Å². The molecule has 0 saturated heterocycles. The molecule has 2 aromatic heterocycles. The number of hydrazine groups is 1. The fraction of sp³-hybridized carbons (Fsp3) is 0.300. The van der Waals surface area contributed by atoms with Crippen LogP contribution in [0.3, 0.4) is 0 Å². The van der Waals surface area contributed by atoms with E-state index in [0.29, 0.717) is 21.9 Å². The van der Waals surface area contributed by atoms with E-state index in [1.807, 2.05) is 10.9 Å². The molecule has 0 radical (unpaired) electrons. The number of nitrogens with two attached hydrogens (primary N) is 1. The normalized spacial score (nSPS) is 10.4. The number of halogens is 1. The molecule has 0 unspecified atom stereocenters. The minimum Gasteiger partial charge on any atom is -0.434 e. The van der Waals surface area contributed by atoms with E-state index >= 15 is 0 Å². The first-order chi connectivity index (χ1) is 8.74. The molecule has 8 heteroatoms. The van der Waals surface area contributed by atoms with Crippen LogP contribution in [0.2, 0.25) is 0 Å². The number of hydrogen-bond donors (Lipinski definition) is 2. The molecule has 3 N–H and O–H groups in total. The van der Waals surface area contributed by atoms with Crippen molar-refractivity contribution < 1.29 is 4.74 Å². The molecule has 0 aliphatic carbocycles. The van der Waals surface area contributed by atoms with Gasteiger partial charge in [0.05, 0.1) is 12.4 Å². The van der Waals surface area contributed by atoms with Gasteiger partial charge >= 0.3 is 0 Å². The van der Waals surface area contributed by atoms with Gasteiger partial charge in [-0.15, -0.1) is 0 Å². The maximum atomic E-state index is 5.60. The zero-order valence-corrected chi connectivity index (χ0v) is 11.4. The first kappa shape index (κ1) is 12.8. The van der Waals surface area contributed by atoms with Crippen LogP contribution in [0.4, 0.5) is 5.82 Å². The molecule has 18 heavy (non-hydrogen) atoms. The number of nitrogen functional groups attached to an aromatic ring is 1. The van der Waals surface area contributed by atoms with E-state index in [-0.39, 0.29) is 0 Å². The lowest BCUT2D eigenvalue weighted by atomic mass is 10.5. The van der Waals surface area contributed by atoms with Crippen LogP contribution in [-0.2, 0) is 6.54 Å². The maximum Gasteiger partial charge on any atom is 0.239 e. The van der Waals surface area contributed by atoms with Crippen molar-refractivity contribution in [2.45, 2.75) is 19.9 Å². The molecule has 7 nitrogen and oxygen atoms in total. The zero-order valence-electron chi connectivity index (χ0n) is 9.80. The third kappa shape index (κ3) is 2.77. The van der Waals surface area contributed by atoms with Gasteiger partial charge in [0.1, 0.15) is 10.8 Å². The molecular weight excluding hydrogens is 300 g/mol. The van der Waals surface area contributed by atoms with Crippen LogP contribution in [0.15, 0.2) is 23.2 Å². The molecule has 96 valence electrons. The Morgan fingerprint density at radius 2 is 2.33 bits per heavy atom. The second-order valence-corrected chi connectivity index (χ2v) is 4.32. The van der Waals surface area contributed by atoms with Crippen molar-refractivity contribution in [1.82, 2.24) is 19.7 Å². The summed E-state index contributed by atoms with van der Waals surface area (Å²) in [6.07, 6.45) is 5.83. The molecular formula is C10H13BrN6O. The van der Waals surface area contributed by atoms with Crippen LogP contribution in [0.5, 0.6) is 11.6 Å². The first-order valence-electron chi connectivity index (χ1n) is 5.42. The molecule has 0 saturated carbocycles. The van der Waals surface area contributed by atoms with Gasteiger partial charge in [0.2, 0.25) is 5.88 Å². The molecule has 0 fully saturated rings. The Morgan fingerprint density at radius 1 is 1.50 bits per heavy atom. The SMILES string of the molecule is CCCn1cc(Oc2ncnc(NN)c2Br)cn1. The van der Waals surface area contributed by atoms with Crippen LogP contribution in [0, 0.1) is 0 Å². The van der Waals surface area contributed by atoms with Crippen molar-refractivity contribution in [3.8, 4) is 11.6 Å². The Hall–Kier alpha value is -1.67. The highest BCUT2D eigenvalue weighted by Crippen LogP contribution is 2.31. The quantitative estimate of drug-likeness (QED) is 0.647. The molecule has 2 aromatic rings. The third-order valence-electron chi connectivity index (χ3n) is 2.17. The molecule has 2 heterocycles. The summed E-state index contributed by atoms with van der Waals surface area (Å²) in [6.45, 7) is 2.94. The van der Waals surface area contributed by atoms with Gasteiger partial charge in [0.25, 0.3) is 0 Å². The predicted molar refractivity (Wildman–Crippen MR) is 70.1 cm³/mol. The maximum absolute atomic E-state index is 5.60. The summed E-state index contributed by atoms with van der Waals surface area (Å²) in [5.41, 5.74) is 2.45. The molecule has 0 aliphatic heterocycles. The lowest BCUT2D eigenvalue weighted by molar-refractivity contribution is 0.457. The van der Waals surface area contributed by atoms with E-state index in [1.54, 1.807) is 6.20 Å². The fourth-order valence-electron chi connectivity index (χ4n) is 1.39. The predicted octanol–water partition coefficient (Wildman–Crippen LogP) is 1.92. The van der Waals surface area contributed by atoms with E-state index in [0.717, 1.165) is 13.0 Å². The van der Waals surface area contributed by atoms with E-state index in [9.17, 15) is 0 Å². The number of ether oxygens (including phenoxy) is 1. The Balaban J connectivity index is 2.17. The number of rotatable bonds is 5. The van der Waals surface area contributed by atoms with Crippen LogP contribution in [0.25, 0.3) is 0 Å². The summed E-state index contributed by atoms with van der Waals surface area (Å²) in [5, 5.41) is 4.17. The second kappa shape index (κ2) is 5.78. The zero-order chi connectivity index (χ0) is 13.0. The van der Waals surface area contributed by atoms with Crippen molar-refractivity contribution in [2.24, 2.45) is 5.84 Å². The summed E-state index contributed by atoms with van der Waals surface area (Å²) in [7, 11) is 0. The minimum absolute atomic E-state index is 0.383. The number of anilines is 1. The molecule has 0 spiro atoms. The molecule has 0 aliphatic rings. The Bertz CT molecular complexity index is 529. The minimum atomic E-state index is 0.383. The average molecular weight is 313 g/mol. The van der Waals surface area contributed by atoms with Gasteiger partial charge in [0, 0.05) is 6.54 Å². The molecule has 0 atom stereocenters. The summed E-state index contributed by atoms with van der Waals surface area (Å²) < 4.78 is 7.98. The average Bonchev–Trinajstić information content (AvgIpc) is 2.80. The van der Waals surface area contributed by atoms with Gasteiger partial charge < -0.3 is 10.2 Å². The van der Waals surface area contributed by atoms with Crippen molar-refractivity contribution >= 4 is 21.7 Å². The van der Waals surface area contributed by atoms with Gasteiger partial charge in [-0.25, -0.2) is 15.8 Å². The van der Waals surface area contributed by atoms with Gasteiger partial charge in [0.15, 0.2) is 11.6 Å². The molecule has 0 bridgehead atoms. The van der Waals surface area contributed by atoms with Gasteiger partial charge in [-0.3, -0.25) is 4.68 Å². The number of hydrogen-bond acceptors (Lipinski definition) is 6. The lowest BCUT2D eigenvalue weighted by Crippen LogP contribution is -2.09. The standard InChI is InChI=1S/C10H13BrN6O/c1-2-3-17-5-7(4-15-17)18-10-8(11)9(16-12)13-6-14-10/h4-6H,2-3,12H2,1H3,(H,13,14,16). The third-order valence-corrected chi connectivity index (χ3v) is 2.89. The van der Waals surface area contributed by atoms with Gasteiger partial charge in [-0.2, -0.15) is 5.10 Å². The number of aromatic nitrogens is 4. The first-order valence-corrected chi connectivity index (χ1v) is 6.21. The van der Waals surface area contributed by atoms with Crippen molar-refractivity contribution in [2.75, 3.05) is 5.43 Å². The molecule has 0 amide bonds. The number of aryl methyl sites for hydroxylation is 1. The highest BCUT2D eigenvalue weighted by molar-refractivity contribution is 9.10. The topological polar surface area (TPSA) is 90.9 Å². The van der Waals surface area contributed by atoms with E-state index < -0.39 is 0 Å². The highest BCUT2D eigenvalue weighted by Gasteiger charge is 2.10. The number of nitrogens with zero attached hydrogens (tertiary/aromatic N) is 4. The highest BCUT2D eigenvalue weighted by atomic mass is 79.9. The Kier molecular flexibility index (Phi) is 4.11. The van der Waals surface area contributed by atoms with Crippen LogP contribution in [-0.4, -0.2) is 19.7 Å². The largest absolute Gasteiger partial charge is 0.434 e. The fourth-order valence-corrected chi connectivity index (χ4v) is 1.79. The van der Waals surface area contributed by atoms with Gasteiger partial charge in [-0.05, 0) is 22.4 Å². The molecule has 0 aromatic carbocycles. The smallest absolute Gasteiger partial charge is 0.239 e. The van der Waals surface area contributed by atoms with E-state index in [1.165, 1.54) is 6.33 Å². The molecule has 2 rings (SSSR count). The summed E-state index contributed by atoms with van der Waals surface area (Å²) in [5.74, 6) is 6.77.